The molecular formula is C22H16O5. The molecule has 0 amide bonds. The second-order valence-corrected chi connectivity index (χ2v) is 6.23. The first-order valence-corrected chi connectivity index (χ1v) is 8.49. The molecule has 4 aromatic rings. The molecule has 5 heteroatoms. The van der Waals surface area contributed by atoms with E-state index in [0.717, 1.165) is 0 Å². The fraction of sp³-hybridized carbons (Fsp3) is 0.0909. The number of para-hydroxylation sites is 1. The van der Waals surface area contributed by atoms with Crippen LogP contribution in [0.4, 0.5) is 0 Å². The Kier molecular flexibility index (Phi) is 4.12. The highest BCUT2D eigenvalue weighted by Crippen LogP contribution is 2.31. The molecule has 0 bridgehead atoms. The minimum absolute atomic E-state index is 0.0862. The Hall–Kier alpha value is -3.60. The summed E-state index contributed by atoms with van der Waals surface area (Å²) >= 11 is 0. The van der Waals surface area contributed by atoms with Crippen LogP contribution in [0.2, 0.25) is 0 Å². The van der Waals surface area contributed by atoms with Gasteiger partial charge in [0.15, 0.2) is 6.10 Å². The van der Waals surface area contributed by atoms with Gasteiger partial charge in [-0.15, -0.1) is 0 Å². The first-order chi connectivity index (χ1) is 13.0. The minimum Gasteiger partial charge on any atom is -0.507 e. The van der Waals surface area contributed by atoms with E-state index in [4.69, 9.17) is 9.15 Å². The lowest BCUT2D eigenvalue weighted by Crippen LogP contribution is -2.23. The summed E-state index contributed by atoms with van der Waals surface area (Å²) in [7, 11) is 0. The summed E-state index contributed by atoms with van der Waals surface area (Å²) in [4.78, 5) is 25.1. The molecule has 0 saturated heterocycles. The Labute approximate surface area is 154 Å². The third kappa shape index (κ3) is 3.04. The third-order valence-corrected chi connectivity index (χ3v) is 4.37. The second kappa shape index (κ2) is 6.61. The summed E-state index contributed by atoms with van der Waals surface area (Å²) in [5.41, 5.74) is 0.838. The fourth-order valence-corrected chi connectivity index (χ4v) is 3.04. The number of carbonyl (C=O) groups is 1. The van der Waals surface area contributed by atoms with E-state index >= 15 is 0 Å². The molecule has 0 aliphatic rings. The van der Waals surface area contributed by atoms with Gasteiger partial charge in [-0.1, -0.05) is 42.5 Å². The van der Waals surface area contributed by atoms with E-state index in [2.05, 4.69) is 0 Å². The van der Waals surface area contributed by atoms with Gasteiger partial charge >= 0.3 is 0 Å². The molecule has 0 radical (unpaired) electrons. The monoisotopic (exact) mass is 360 g/mol. The molecule has 0 fully saturated rings. The maximum Gasteiger partial charge on any atom is 0.204 e. The number of hydrogen-bond donors (Lipinski definition) is 1. The van der Waals surface area contributed by atoms with Gasteiger partial charge in [0, 0.05) is 17.7 Å². The van der Waals surface area contributed by atoms with Crippen LogP contribution in [-0.4, -0.2) is 17.0 Å². The lowest BCUT2D eigenvalue weighted by Gasteiger charge is -2.14. The largest absolute Gasteiger partial charge is 0.507 e. The summed E-state index contributed by atoms with van der Waals surface area (Å²) in [6, 6.07) is 18.5. The van der Waals surface area contributed by atoms with E-state index in [1.165, 1.54) is 12.1 Å². The van der Waals surface area contributed by atoms with Crippen LogP contribution in [0.25, 0.3) is 21.9 Å². The highest BCUT2D eigenvalue weighted by Gasteiger charge is 2.19. The Morgan fingerprint density at radius 3 is 2.48 bits per heavy atom. The van der Waals surface area contributed by atoms with Gasteiger partial charge in [-0.3, -0.25) is 9.59 Å². The van der Waals surface area contributed by atoms with Crippen molar-refractivity contribution < 1.29 is 19.1 Å². The van der Waals surface area contributed by atoms with Crippen LogP contribution in [-0.2, 0) is 0 Å². The Morgan fingerprint density at radius 1 is 1.00 bits per heavy atom. The van der Waals surface area contributed by atoms with Crippen LogP contribution in [0.15, 0.2) is 75.9 Å². The summed E-state index contributed by atoms with van der Waals surface area (Å²) in [6.07, 6.45) is -0.767. The molecule has 3 aromatic carbocycles. The maximum atomic E-state index is 12.6. The normalized spacial score (nSPS) is 12.2. The van der Waals surface area contributed by atoms with Gasteiger partial charge in [-0.05, 0) is 19.1 Å². The predicted molar refractivity (Wildman–Crippen MR) is 103 cm³/mol. The molecule has 0 saturated carbocycles. The van der Waals surface area contributed by atoms with Crippen LogP contribution >= 0.6 is 0 Å². The quantitative estimate of drug-likeness (QED) is 0.434. The van der Waals surface area contributed by atoms with Crippen molar-refractivity contribution in [1.82, 2.24) is 0 Å². The number of phenols is 1. The van der Waals surface area contributed by atoms with E-state index in [1.54, 1.807) is 55.5 Å². The van der Waals surface area contributed by atoms with Crippen LogP contribution in [0, 0.1) is 0 Å². The number of ether oxygens (including phenoxy) is 1. The molecule has 0 aliphatic carbocycles. The average molecular weight is 360 g/mol. The van der Waals surface area contributed by atoms with E-state index in [1.807, 2.05) is 6.07 Å². The van der Waals surface area contributed by atoms with Crippen molar-refractivity contribution in [3.63, 3.8) is 0 Å². The molecule has 1 aromatic heterocycles. The van der Waals surface area contributed by atoms with Gasteiger partial charge in [0.1, 0.15) is 28.1 Å². The van der Waals surface area contributed by atoms with Gasteiger partial charge in [0.2, 0.25) is 11.2 Å². The fourth-order valence-electron chi connectivity index (χ4n) is 3.04. The summed E-state index contributed by atoms with van der Waals surface area (Å²) in [6.45, 7) is 1.63. The Morgan fingerprint density at radius 2 is 1.70 bits per heavy atom. The second-order valence-electron chi connectivity index (χ2n) is 6.23. The predicted octanol–water partition coefficient (Wildman–Crippen LogP) is 4.30. The van der Waals surface area contributed by atoms with E-state index in [-0.39, 0.29) is 33.7 Å². The molecule has 1 heterocycles. The van der Waals surface area contributed by atoms with E-state index < -0.39 is 6.10 Å². The zero-order valence-corrected chi connectivity index (χ0v) is 14.5. The molecule has 5 nitrogen and oxygen atoms in total. The lowest BCUT2D eigenvalue weighted by atomic mass is 10.1. The molecule has 27 heavy (non-hydrogen) atoms. The van der Waals surface area contributed by atoms with Gasteiger partial charge in [-0.25, -0.2) is 0 Å². The van der Waals surface area contributed by atoms with Crippen molar-refractivity contribution in [2.24, 2.45) is 0 Å². The molecule has 0 spiro atoms. The van der Waals surface area contributed by atoms with Crippen molar-refractivity contribution in [2.75, 3.05) is 0 Å². The molecule has 1 atom stereocenters. The van der Waals surface area contributed by atoms with Gasteiger partial charge < -0.3 is 14.3 Å². The number of phenolic OH excluding ortho intramolecular Hbond substituents is 1. The maximum absolute atomic E-state index is 12.6. The number of benzene rings is 3. The van der Waals surface area contributed by atoms with Crippen LogP contribution in [0.1, 0.15) is 17.3 Å². The number of carbonyl (C=O) groups excluding carboxylic acids is 1. The Balaban J connectivity index is 1.74. The highest BCUT2D eigenvalue weighted by molar-refractivity contribution is 5.99. The number of rotatable bonds is 4. The molecule has 0 aliphatic heterocycles. The first-order valence-electron chi connectivity index (χ1n) is 8.49. The average Bonchev–Trinajstić information content (AvgIpc) is 2.68. The number of fused-ring (bicyclic) bond motifs is 2. The van der Waals surface area contributed by atoms with Crippen LogP contribution in [0.3, 0.4) is 0 Å². The van der Waals surface area contributed by atoms with Crippen molar-refractivity contribution in [2.45, 2.75) is 13.0 Å². The summed E-state index contributed by atoms with van der Waals surface area (Å²) in [5, 5.41) is 10.8. The standard InChI is InChI=1S/C22H16O5/c1-13(21(24)14-7-3-2-4-8-14)26-15-11-17(23)20-19(12-15)27-18-10-6-5-9-16(18)22(20)25/h2-13,23H,1H3/t13-/m0/s1. The summed E-state index contributed by atoms with van der Waals surface area (Å²) in [5.74, 6) is -0.188. The molecule has 4 rings (SSSR count). The topological polar surface area (TPSA) is 76.7 Å². The van der Waals surface area contributed by atoms with Crippen molar-refractivity contribution in [3.05, 3.63) is 82.5 Å². The van der Waals surface area contributed by atoms with Crippen molar-refractivity contribution in [1.29, 1.82) is 0 Å². The first kappa shape index (κ1) is 16.8. The van der Waals surface area contributed by atoms with Crippen molar-refractivity contribution in [3.8, 4) is 11.5 Å². The zero-order valence-electron chi connectivity index (χ0n) is 14.5. The van der Waals surface area contributed by atoms with Crippen molar-refractivity contribution >= 4 is 27.7 Å². The van der Waals surface area contributed by atoms with Gasteiger partial charge in [0.05, 0.1) is 5.39 Å². The number of aromatic hydroxyl groups is 1. The summed E-state index contributed by atoms with van der Waals surface area (Å²) < 4.78 is 11.5. The molecule has 0 unspecified atom stereocenters. The Bertz CT molecular complexity index is 1210. The van der Waals surface area contributed by atoms with E-state index in [0.29, 0.717) is 16.5 Å². The number of Topliss-reactive ketones (excluding diaryl/α,β-unsaturated/α-hetero) is 1. The minimum atomic E-state index is -0.767. The van der Waals surface area contributed by atoms with Gasteiger partial charge in [0.25, 0.3) is 0 Å². The number of ketones is 1. The van der Waals surface area contributed by atoms with Crippen LogP contribution in [0.5, 0.6) is 11.5 Å². The van der Waals surface area contributed by atoms with E-state index in [9.17, 15) is 14.7 Å². The molecule has 134 valence electrons. The number of hydrogen-bond acceptors (Lipinski definition) is 5. The molecular weight excluding hydrogens is 344 g/mol. The smallest absolute Gasteiger partial charge is 0.204 e. The SMILES string of the molecule is C[C@H](Oc1cc(O)c2c(=O)c3ccccc3oc2c1)C(=O)c1ccccc1. The van der Waals surface area contributed by atoms with Crippen LogP contribution < -0.4 is 10.2 Å². The highest BCUT2D eigenvalue weighted by atomic mass is 16.5. The van der Waals surface area contributed by atoms with Gasteiger partial charge in [-0.2, -0.15) is 0 Å². The molecule has 1 N–H and O–H groups in total. The zero-order chi connectivity index (χ0) is 19.0. The third-order valence-electron chi connectivity index (χ3n) is 4.37. The lowest BCUT2D eigenvalue weighted by molar-refractivity contribution is 0.0817.